The smallest absolute Gasteiger partial charge is 0.303 e. The minimum atomic E-state index is -0.740. The molecule has 0 aliphatic carbocycles. The first kappa shape index (κ1) is 17.3. The number of carboxylic acids is 1. The van der Waals surface area contributed by atoms with Crippen molar-refractivity contribution in [3.05, 3.63) is 23.5 Å². The van der Waals surface area contributed by atoms with E-state index in [-0.39, 0.29) is 18.9 Å². The number of aliphatic hydroxyl groups is 1. The first-order valence-corrected chi connectivity index (χ1v) is 8.43. The van der Waals surface area contributed by atoms with Gasteiger partial charge < -0.3 is 15.1 Å². The molecule has 2 aromatic heterocycles. The summed E-state index contributed by atoms with van der Waals surface area (Å²) in [6.45, 7) is 3.44. The number of rotatable bonds is 5. The lowest BCUT2D eigenvalue weighted by Gasteiger charge is -2.34. The summed E-state index contributed by atoms with van der Waals surface area (Å²) in [4.78, 5) is 17.8. The molecular formula is C17H23N5O3. The third-order valence-corrected chi connectivity index (χ3v) is 4.72. The molecule has 0 amide bonds. The summed E-state index contributed by atoms with van der Waals surface area (Å²) in [6, 6.07) is 3.88. The number of anilines is 1. The molecule has 1 unspecified atom stereocenters. The number of hydrogen-bond donors (Lipinski definition) is 2. The number of aromatic nitrogens is 4. The Hall–Kier alpha value is -2.48. The van der Waals surface area contributed by atoms with E-state index in [9.17, 15) is 9.90 Å². The number of hydrogen-bond acceptors (Lipinski definition) is 6. The van der Waals surface area contributed by atoms with E-state index in [2.05, 4.69) is 20.2 Å². The lowest BCUT2D eigenvalue weighted by Crippen LogP contribution is -2.36. The van der Waals surface area contributed by atoms with Gasteiger partial charge in [0.1, 0.15) is 5.69 Å². The molecule has 25 heavy (non-hydrogen) atoms. The van der Waals surface area contributed by atoms with Crippen LogP contribution in [-0.2, 0) is 18.4 Å². The summed E-state index contributed by atoms with van der Waals surface area (Å²) in [6.07, 6.45) is 2.14. The molecule has 0 saturated carbocycles. The van der Waals surface area contributed by atoms with Crippen LogP contribution in [-0.4, -0.2) is 49.2 Å². The maximum Gasteiger partial charge on any atom is 0.303 e. The second kappa shape index (κ2) is 7.18. The van der Waals surface area contributed by atoms with Gasteiger partial charge in [0.25, 0.3) is 0 Å². The Morgan fingerprint density at radius 2 is 2.20 bits per heavy atom. The van der Waals surface area contributed by atoms with Crippen molar-refractivity contribution >= 4 is 11.7 Å². The molecule has 3 heterocycles. The van der Waals surface area contributed by atoms with E-state index in [1.54, 1.807) is 11.7 Å². The zero-order valence-corrected chi connectivity index (χ0v) is 14.5. The van der Waals surface area contributed by atoms with Crippen LogP contribution in [0.2, 0.25) is 0 Å². The average molecular weight is 345 g/mol. The molecule has 2 aromatic rings. The van der Waals surface area contributed by atoms with Crippen LogP contribution >= 0.6 is 0 Å². The average Bonchev–Trinajstić information content (AvgIpc) is 2.95. The van der Waals surface area contributed by atoms with Gasteiger partial charge in [0.2, 0.25) is 0 Å². The van der Waals surface area contributed by atoms with Gasteiger partial charge in [-0.05, 0) is 37.8 Å². The highest BCUT2D eigenvalue weighted by Gasteiger charge is 2.24. The number of aryl methyl sites for hydroxylation is 2. The van der Waals surface area contributed by atoms with Crippen LogP contribution in [0, 0.1) is 12.8 Å². The number of aliphatic hydroxyl groups excluding tert-OH is 1. The van der Waals surface area contributed by atoms with Gasteiger partial charge in [-0.2, -0.15) is 0 Å². The molecule has 2 N–H and O–H groups in total. The maximum atomic E-state index is 11.0. The van der Waals surface area contributed by atoms with E-state index in [0.717, 1.165) is 37.3 Å². The standard InChI is InChI=1S/C17H23N5O3/c1-11-14(22-7-3-4-12(9-22)8-16(24)25)6-5-13(18-11)17-15(10-23)21(2)20-19-17/h5-6,12,23H,3-4,7-10H2,1-2H3,(H,24,25). The van der Waals surface area contributed by atoms with Gasteiger partial charge in [-0.25, -0.2) is 9.67 Å². The molecule has 1 aliphatic rings. The molecule has 3 rings (SSSR count). The second-order valence-corrected chi connectivity index (χ2v) is 6.52. The van der Waals surface area contributed by atoms with E-state index in [0.29, 0.717) is 17.1 Å². The summed E-state index contributed by atoms with van der Waals surface area (Å²) in [5.74, 6) is -0.567. The van der Waals surface area contributed by atoms with Crippen LogP contribution in [0.25, 0.3) is 11.4 Å². The van der Waals surface area contributed by atoms with E-state index >= 15 is 0 Å². The molecule has 1 fully saturated rings. The van der Waals surface area contributed by atoms with Gasteiger partial charge in [-0.1, -0.05) is 5.21 Å². The van der Waals surface area contributed by atoms with Crippen LogP contribution in [0.3, 0.4) is 0 Å². The molecule has 1 saturated heterocycles. The van der Waals surface area contributed by atoms with Crippen LogP contribution in [0.5, 0.6) is 0 Å². The minimum Gasteiger partial charge on any atom is -0.481 e. The fraction of sp³-hybridized carbons (Fsp3) is 0.529. The first-order valence-electron chi connectivity index (χ1n) is 8.43. The Morgan fingerprint density at radius 3 is 2.88 bits per heavy atom. The molecule has 0 aromatic carbocycles. The summed E-state index contributed by atoms with van der Waals surface area (Å²) < 4.78 is 1.54. The SMILES string of the molecule is Cc1nc(-c2nnn(C)c2CO)ccc1N1CCCC(CC(=O)O)C1. The number of piperidine rings is 1. The van der Waals surface area contributed by atoms with Gasteiger partial charge in [0.05, 0.1) is 29.4 Å². The summed E-state index contributed by atoms with van der Waals surface area (Å²) in [7, 11) is 1.74. The second-order valence-electron chi connectivity index (χ2n) is 6.52. The van der Waals surface area contributed by atoms with Crippen molar-refractivity contribution in [2.45, 2.75) is 32.8 Å². The topological polar surface area (TPSA) is 104 Å². The fourth-order valence-corrected chi connectivity index (χ4v) is 3.47. The van der Waals surface area contributed by atoms with Crippen molar-refractivity contribution in [1.29, 1.82) is 0 Å². The molecule has 0 bridgehead atoms. The molecule has 8 heteroatoms. The summed E-state index contributed by atoms with van der Waals surface area (Å²) in [5.41, 5.74) is 3.77. The van der Waals surface area contributed by atoms with Crippen molar-refractivity contribution < 1.29 is 15.0 Å². The zero-order valence-electron chi connectivity index (χ0n) is 14.5. The molecule has 1 atom stereocenters. The Morgan fingerprint density at radius 1 is 1.40 bits per heavy atom. The highest BCUT2D eigenvalue weighted by atomic mass is 16.4. The molecule has 0 spiro atoms. The zero-order chi connectivity index (χ0) is 18.0. The number of pyridine rings is 1. The van der Waals surface area contributed by atoms with Crippen molar-refractivity contribution in [2.75, 3.05) is 18.0 Å². The predicted molar refractivity (Wildman–Crippen MR) is 92.1 cm³/mol. The van der Waals surface area contributed by atoms with Gasteiger partial charge in [0.15, 0.2) is 0 Å². The normalized spacial score (nSPS) is 17.7. The summed E-state index contributed by atoms with van der Waals surface area (Å²) in [5, 5.41) is 26.6. The van der Waals surface area contributed by atoms with Crippen LogP contribution in [0.15, 0.2) is 12.1 Å². The molecule has 0 radical (unpaired) electrons. The van der Waals surface area contributed by atoms with E-state index in [4.69, 9.17) is 5.11 Å². The van der Waals surface area contributed by atoms with Crippen LogP contribution < -0.4 is 4.90 Å². The van der Waals surface area contributed by atoms with Crippen LogP contribution in [0.4, 0.5) is 5.69 Å². The molecular weight excluding hydrogens is 322 g/mol. The molecule has 134 valence electrons. The third-order valence-electron chi connectivity index (χ3n) is 4.72. The van der Waals surface area contributed by atoms with Gasteiger partial charge in [0, 0.05) is 26.6 Å². The predicted octanol–water partition coefficient (Wildman–Crippen LogP) is 1.37. The molecule has 8 nitrogen and oxygen atoms in total. The van der Waals surface area contributed by atoms with E-state index < -0.39 is 5.97 Å². The highest BCUT2D eigenvalue weighted by molar-refractivity contribution is 5.67. The van der Waals surface area contributed by atoms with Gasteiger partial charge in [-0.15, -0.1) is 5.10 Å². The fourth-order valence-electron chi connectivity index (χ4n) is 3.47. The Kier molecular flexibility index (Phi) is 4.98. The van der Waals surface area contributed by atoms with Crippen molar-refractivity contribution in [3.8, 4) is 11.4 Å². The monoisotopic (exact) mass is 345 g/mol. The number of carboxylic acid groups (broad SMARTS) is 1. The highest BCUT2D eigenvalue weighted by Crippen LogP contribution is 2.29. The van der Waals surface area contributed by atoms with Gasteiger partial charge in [-0.3, -0.25) is 4.79 Å². The van der Waals surface area contributed by atoms with Crippen molar-refractivity contribution in [1.82, 2.24) is 20.0 Å². The minimum absolute atomic E-state index is 0.149. The lowest BCUT2D eigenvalue weighted by molar-refractivity contribution is -0.138. The Balaban J connectivity index is 1.83. The lowest BCUT2D eigenvalue weighted by atomic mass is 9.94. The van der Waals surface area contributed by atoms with Crippen LogP contribution in [0.1, 0.15) is 30.7 Å². The Bertz CT molecular complexity index is 774. The largest absolute Gasteiger partial charge is 0.481 e. The first-order chi connectivity index (χ1) is 12.0. The van der Waals surface area contributed by atoms with Crippen molar-refractivity contribution in [3.63, 3.8) is 0 Å². The quantitative estimate of drug-likeness (QED) is 0.843. The maximum absolute atomic E-state index is 11.0. The molecule has 1 aliphatic heterocycles. The van der Waals surface area contributed by atoms with E-state index in [1.807, 2.05) is 19.1 Å². The summed E-state index contributed by atoms with van der Waals surface area (Å²) >= 11 is 0. The third kappa shape index (κ3) is 3.63. The number of nitrogens with zero attached hydrogens (tertiary/aromatic N) is 5. The van der Waals surface area contributed by atoms with Crippen molar-refractivity contribution in [2.24, 2.45) is 13.0 Å². The Labute approximate surface area is 146 Å². The van der Waals surface area contributed by atoms with Gasteiger partial charge >= 0.3 is 5.97 Å². The van der Waals surface area contributed by atoms with E-state index in [1.165, 1.54) is 0 Å². The number of aliphatic carboxylic acids is 1. The number of carbonyl (C=O) groups is 1.